The van der Waals surface area contributed by atoms with Crippen molar-refractivity contribution in [1.82, 2.24) is 5.32 Å². The second kappa shape index (κ2) is 5.55. The Morgan fingerprint density at radius 2 is 1.67 bits per heavy atom. The van der Waals surface area contributed by atoms with Gasteiger partial charge in [-0.1, -0.05) is 41.9 Å². The number of rotatable bonds is 3. The Kier molecular flexibility index (Phi) is 4.05. The summed E-state index contributed by atoms with van der Waals surface area (Å²) in [4.78, 5) is 0. The van der Waals surface area contributed by atoms with Gasteiger partial charge in [0.15, 0.2) is 0 Å². The highest BCUT2D eigenvalue weighted by atomic mass is 35.5. The van der Waals surface area contributed by atoms with Gasteiger partial charge in [0.25, 0.3) is 0 Å². The predicted molar refractivity (Wildman–Crippen MR) is 78.3 cm³/mol. The van der Waals surface area contributed by atoms with E-state index in [1.165, 1.54) is 22.3 Å². The molecule has 2 aromatic rings. The number of aryl methyl sites for hydroxylation is 2. The van der Waals surface area contributed by atoms with Crippen molar-refractivity contribution in [1.29, 1.82) is 0 Å². The molecule has 0 aliphatic rings. The molecule has 1 atom stereocenters. The van der Waals surface area contributed by atoms with Crippen molar-refractivity contribution >= 4 is 11.6 Å². The first kappa shape index (κ1) is 13.1. The first-order valence-electron chi connectivity index (χ1n) is 6.11. The molecule has 1 nitrogen and oxygen atoms in total. The minimum absolute atomic E-state index is 0.183. The van der Waals surface area contributed by atoms with Gasteiger partial charge in [-0.2, -0.15) is 0 Å². The summed E-state index contributed by atoms with van der Waals surface area (Å²) in [5, 5.41) is 4.12. The van der Waals surface area contributed by atoms with E-state index in [1.807, 2.05) is 25.2 Å². The summed E-state index contributed by atoms with van der Waals surface area (Å²) in [6.07, 6.45) is 0. The SMILES string of the molecule is CNC(c1cccc(Cl)c1)c1ccc(C)c(C)c1. The minimum Gasteiger partial charge on any atom is -0.309 e. The van der Waals surface area contributed by atoms with E-state index >= 15 is 0 Å². The van der Waals surface area contributed by atoms with Crippen LogP contribution in [-0.2, 0) is 0 Å². The first-order valence-corrected chi connectivity index (χ1v) is 6.49. The molecule has 94 valence electrons. The third kappa shape index (κ3) is 2.74. The zero-order chi connectivity index (χ0) is 13.1. The molecule has 0 heterocycles. The zero-order valence-corrected chi connectivity index (χ0v) is 11.8. The summed E-state index contributed by atoms with van der Waals surface area (Å²) in [6.45, 7) is 4.27. The van der Waals surface area contributed by atoms with Crippen LogP contribution in [0.3, 0.4) is 0 Å². The molecule has 0 bridgehead atoms. The number of benzene rings is 2. The van der Waals surface area contributed by atoms with Crippen LogP contribution in [-0.4, -0.2) is 7.05 Å². The molecule has 18 heavy (non-hydrogen) atoms. The average Bonchev–Trinajstić information content (AvgIpc) is 2.35. The molecule has 1 unspecified atom stereocenters. The van der Waals surface area contributed by atoms with Gasteiger partial charge in [0.2, 0.25) is 0 Å². The molecular weight excluding hydrogens is 242 g/mol. The maximum absolute atomic E-state index is 6.06. The van der Waals surface area contributed by atoms with E-state index in [9.17, 15) is 0 Å². The summed E-state index contributed by atoms with van der Waals surface area (Å²) < 4.78 is 0. The van der Waals surface area contributed by atoms with E-state index in [1.54, 1.807) is 0 Å². The smallest absolute Gasteiger partial charge is 0.0574 e. The van der Waals surface area contributed by atoms with Crippen LogP contribution >= 0.6 is 11.6 Å². The van der Waals surface area contributed by atoms with Crippen LogP contribution in [0, 0.1) is 13.8 Å². The lowest BCUT2D eigenvalue weighted by molar-refractivity contribution is 0.691. The second-order valence-electron chi connectivity index (χ2n) is 4.62. The second-order valence-corrected chi connectivity index (χ2v) is 5.06. The van der Waals surface area contributed by atoms with Crippen molar-refractivity contribution in [2.45, 2.75) is 19.9 Å². The Balaban J connectivity index is 2.42. The normalized spacial score (nSPS) is 12.4. The van der Waals surface area contributed by atoms with E-state index in [0.29, 0.717) is 0 Å². The molecule has 0 aliphatic heterocycles. The van der Waals surface area contributed by atoms with Gasteiger partial charge in [-0.3, -0.25) is 0 Å². The zero-order valence-electron chi connectivity index (χ0n) is 11.0. The molecule has 0 saturated carbocycles. The maximum atomic E-state index is 6.06. The predicted octanol–water partition coefficient (Wildman–Crippen LogP) is 4.27. The van der Waals surface area contributed by atoms with Gasteiger partial charge in [0.1, 0.15) is 0 Å². The minimum atomic E-state index is 0.183. The lowest BCUT2D eigenvalue weighted by atomic mass is 9.96. The largest absolute Gasteiger partial charge is 0.309 e. The number of halogens is 1. The van der Waals surface area contributed by atoms with E-state index in [0.717, 1.165) is 5.02 Å². The van der Waals surface area contributed by atoms with Crippen molar-refractivity contribution in [2.24, 2.45) is 0 Å². The Morgan fingerprint density at radius 1 is 0.944 bits per heavy atom. The van der Waals surface area contributed by atoms with Gasteiger partial charge >= 0.3 is 0 Å². The molecule has 0 spiro atoms. The molecule has 0 saturated heterocycles. The van der Waals surface area contributed by atoms with Crippen LogP contribution in [0.15, 0.2) is 42.5 Å². The summed E-state index contributed by atoms with van der Waals surface area (Å²) in [7, 11) is 1.97. The Morgan fingerprint density at radius 3 is 2.28 bits per heavy atom. The third-order valence-corrected chi connectivity index (χ3v) is 3.57. The highest BCUT2D eigenvalue weighted by molar-refractivity contribution is 6.30. The standard InChI is InChI=1S/C16H18ClN/c1-11-7-8-14(9-12(11)2)16(18-3)13-5-4-6-15(17)10-13/h4-10,16,18H,1-3H3. The molecule has 0 amide bonds. The first-order chi connectivity index (χ1) is 8.61. The molecular formula is C16H18ClN. The van der Waals surface area contributed by atoms with Gasteiger partial charge < -0.3 is 5.32 Å². The highest BCUT2D eigenvalue weighted by Crippen LogP contribution is 2.25. The van der Waals surface area contributed by atoms with Gasteiger partial charge in [0.05, 0.1) is 6.04 Å². The molecule has 2 heteroatoms. The quantitative estimate of drug-likeness (QED) is 0.868. The fraction of sp³-hybridized carbons (Fsp3) is 0.250. The molecule has 1 N–H and O–H groups in total. The van der Waals surface area contributed by atoms with Crippen LogP contribution in [0.5, 0.6) is 0 Å². The molecule has 2 aromatic carbocycles. The van der Waals surface area contributed by atoms with Crippen molar-refractivity contribution in [3.05, 3.63) is 69.7 Å². The Bertz CT molecular complexity index is 549. The van der Waals surface area contributed by atoms with Gasteiger partial charge in [-0.25, -0.2) is 0 Å². The number of hydrogen-bond donors (Lipinski definition) is 1. The maximum Gasteiger partial charge on any atom is 0.0574 e. The number of hydrogen-bond acceptors (Lipinski definition) is 1. The topological polar surface area (TPSA) is 12.0 Å². The fourth-order valence-electron chi connectivity index (χ4n) is 2.16. The van der Waals surface area contributed by atoms with Crippen LogP contribution in [0.25, 0.3) is 0 Å². The Labute approximate surface area is 114 Å². The highest BCUT2D eigenvalue weighted by Gasteiger charge is 2.12. The van der Waals surface area contributed by atoms with Crippen LogP contribution < -0.4 is 5.32 Å². The van der Waals surface area contributed by atoms with E-state index < -0.39 is 0 Å². The lowest BCUT2D eigenvalue weighted by Gasteiger charge is -2.18. The lowest BCUT2D eigenvalue weighted by Crippen LogP contribution is -2.17. The summed E-state index contributed by atoms with van der Waals surface area (Å²) in [5.41, 5.74) is 5.09. The van der Waals surface area contributed by atoms with Gasteiger partial charge in [-0.05, 0) is 55.3 Å². The van der Waals surface area contributed by atoms with E-state index in [2.05, 4.69) is 43.4 Å². The van der Waals surface area contributed by atoms with Crippen molar-refractivity contribution in [2.75, 3.05) is 7.05 Å². The van der Waals surface area contributed by atoms with Crippen LogP contribution in [0.1, 0.15) is 28.3 Å². The van der Waals surface area contributed by atoms with Crippen molar-refractivity contribution in [3.8, 4) is 0 Å². The third-order valence-electron chi connectivity index (χ3n) is 3.33. The molecule has 2 rings (SSSR count). The summed E-state index contributed by atoms with van der Waals surface area (Å²) >= 11 is 6.06. The van der Waals surface area contributed by atoms with E-state index in [4.69, 9.17) is 11.6 Å². The van der Waals surface area contributed by atoms with Crippen LogP contribution in [0.2, 0.25) is 5.02 Å². The van der Waals surface area contributed by atoms with Crippen molar-refractivity contribution < 1.29 is 0 Å². The molecule has 0 aromatic heterocycles. The summed E-state index contributed by atoms with van der Waals surface area (Å²) in [5.74, 6) is 0. The molecule has 0 fully saturated rings. The van der Waals surface area contributed by atoms with Crippen LogP contribution in [0.4, 0.5) is 0 Å². The fourth-order valence-corrected chi connectivity index (χ4v) is 2.35. The average molecular weight is 260 g/mol. The van der Waals surface area contributed by atoms with Gasteiger partial charge in [-0.15, -0.1) is 0 Å². The van der Waals surface area contributed by atoms with Crippen molar-refractivity contribution in [3.63, 3.8) is 0 Å². The van der Waals surface area contributed by atoms with E-state index in [-0.39, 0.29) is 6.04 Å². The molecule has 0 aliphatic carbocycles. The monoisotopic (exact) mass is 259 g/mol. The van der Waals surface area contributed by atoms with Gasteiger partial charge in [0, 0.05) is 5.02 Å². The number of nitrogens with one attached hydrogen (secondary N) is 1. The Hall–Kier alpha value is -1.31. The summed E-state index contributed by atoms with van der Waals surface area (Å²) in [6, 6.07) is 14.8. The molecule has 0 radical (unpaired) electrons.